The highest BCUT2D eigenvalue weighted by Crippen LogP contribution is 2.28. The molecule has 0 amide bonds. The van der Waals surface area contributed by atoms with E-state index in [2.05, 4.69) is 10.4 Å². The van der Waals surface area contributed by atoms with Crippen LogP contribution in [-0.4, -0.2) is 11.6 Å². The van der Waals surface area contributed by atoms with Crippen LogP contribution in [0.4, 0.5) is 0 Å². The molecule has 2 N–H and O–H groups in total. The summed E-state index contributed by atoms with van der Waals surface area (Å²) in [5.41, 5.74) is 6.57. The minimum Gasteiger partial charge on any atom is -0.372 e. The minimum atomic E-state index is 0.227. The molecule has 2 rings (SSSR count). The molecule has 1 aliphatic heterocycles. The van der Waals surface area contributed by atoms with Crippen LogP contribution in [0.25, 0.3) is 0 Å². The molecule has 1 atom stereocenters. The van der Waals surface area contributed by atoms with Gasteiger partial charge in [-0.3, -0.25) is 0 Å². The third kappa shape index (κ3) is 2.07. The first kappa shape index (κ1) is 9.12. The van der Waals surface area contributed by atoms with E-state index in [4.69, 9.17) is 10.5 Å². The van der Waals surface area contributed by atoms with Gasteiger partial charge in [-0.05, 0) is 19.3 Å². The molecule has 0 spiro atoms. The lowest BCUT2D eigenvalue weighted by atomic mass is 10.1. The van der Waals surface area contributed by atoms with E-state index in [0.717, 1.165) is 23.7 Å². The lowest BCUT2D eigenvalue weighted by molar-refractivity contribution is 0.0126. The molecule has 1 saturated heterocycles. The normalized spacial score (nSPS) is 23.3. The van der Waals surface area contributed by atoms with Crippen LogP contribution in [0.3, 0.4) is 0 Å². The number of aromatic nitrogens is 1. The van der Waals surface area contributed by atoms with Crippen molar-refractivity contribution in [2.75, 3.05) is 6.61 Å². The fourth-order valence-corrected chi connectivity index (χ4v) is 2.26. The molecular weight excluding hydrogens is 184 g/mol. The molecule has 0 bridgehead atoms. The van der Waals surface area contributed by atoms with Crippen LogP contribution in [0.1, 0.15) is 36.1 Å². The summed E-state index contributed by atoms with van der Waals surface area (Å²) in [5, 5.41) is 3.07. The van der Waals surface area contributed by atoms with E-state index in [1.807, 2.05) is 0 Å². The van der Waals surface area contributed by atoms with Crippen LogP contribution in [0, 0.1) is 0 Å². The zero-order chi connectivity index (χ0) is 9.10. The van der Waals surface area contributed by atoms with Crippen LogP contribution >= 0.6 is 11.3 Å². The van der Waals surface area contributed by atoms with Gasteiger partial charge in [0.2, 0.25) is 0 Å². The molecule has 2 heterocycles. The Balaban J connectivity index is 2.05. The molecular formula is C9H14N2OS. The van der Waals surface area contributed by atoms with Gasteiger partial charge >= 0.3 is 0 Å². The molecule has 1 aliphatic rings. The fourth-order valence-electron chi connectivity index (χ4n) is 1.54. The maximum Gasteiger partial charge on any atom is 0.107 e. The first-order valence-corrected chi connectivity index (χ1v) is 5.54. The number of thiazole rings is 1. The summed E-state index contributed by atoms with van der Waals surface area (Å²) < 4.78 is 5.63. The van der Waals surface area contributed by atoms with E-state index >= 15 is 0 Å². The smallest absolute Gasteiger partial charge is 0.107 e. The molecule has 72 valence electrons. The minimum absolute atomic E-state index is 0.227. The van der Waals surface area contributed by atoms with Gasteiger partial charge in [0.15, 0.2) is 0 Å². The van der Waals surface area contributed by atoms with Crippen LogP contribution in [-0.2, 0) is 11.3 Å². The Hall–Kier alpha value is -0.450. The van der Waals surface area contributed by atoms with Gasteiger partial charge in [-0.25, -0.2) is 4.98 Å². The third-order valence-electron chi connectivity index (χ3n) is 2.25. The standard InChI is InChI=1S/C9H14N2OS/c10-5-9-11-7(6-13-9)8-3-1-2-4-12-8/h6,8H,1-5,10H2. The molecule has 1 aromatic heterocycles. The van der Waals surface area contributed by atoms with Crippen LogP contribution < -0.4 is 5.73 Å². The lowest BCUT2D eigenvalue weighted by Crippen LogP contribution is -2.12. The van der Waals surface area contributed by atoms with E-state index in [9.17, 15) is 0 Å². The summed E-state index contributed by atoms with van der Waals surface area (Å²) in [6.45, 7) is 1.41. The van der Waals surface area contributed by atoms with Gasteiger partial charge in [0, 0.05) is 18.5 Å². The average Bonchev–Trinajstić information content (AvgIpc) is 2.67. The number of nitrogens with zero attached hydrogens (tertiary/aromatic N) is 1. The van der Waals surface area contributed by atoms with Crippen molar-refractivity contribution in [1.82, 2.24) is 4.98 Å². The summed E-state index contributed by atoms with van der Waals surface area (Å²) in [6.07, 6.45) is 3.77. The fraction of sp³-hybridized carbons (Fsp3) is 0.667. The first-order valence-electron chi connectivity index (χ1n) is 4.66. The van der Waals surface area contributed by atoms with Crippen molar-refractivity contribution in [2.24, 2.45) is 5.73 Å². The Bertz CT molecular complexity index is 268. The predicted octanol–water partition coefficient (Wildman–Crippen LogP) is 1.84. The van der Waals surface area contributed by atoms with E-state index in [1.165, 1.54) is 12.8 Å². The van der Waals surface area contributed by atoms with E-state index in [-0.39, 0.29) is 6.10 Å². The van der Waals surface area contributed by atoms with E-state index in [1.54, 1.807) is 11.3 Å². The maximum absolute atomic E-state index is 5.63. The van der Waals surface area contributed by atoms with Gasteiger partial charge in [0.1, 0.15) is 11.1 Å². The zero-order valence-corrected chi connectivity index (χ0v) is 8.35. The maximum atomic E-state index is 5.63. The summed E-state index contributed by atoms with van der Waals surface area (Å²) >= 11 is 1.63. The summed E-state index contributed by atoms with van der Waals surface area (Å²) in [6, 6.07) is 0. The predicted molar refractivity (Wildman–Crippen MR) is 52.5 cm³/mol. The van der Waals surface area contributed by atoms with Crippen LogP contribution in [0.5, 0.6) is 0 Å². The van der Waals surface area contributed by atoms with Crippen molar-refractivity contribution in [3.63, 3.8) is 0 Å². The van der Waals surface area contributed by atoms with Crippen molar-refractivity contribution in [3.05, 3.63) is 16.1 Å². The lowest BCUT2D eigenvalue weighted by Gasteiger charge is -2.20. The molecule has 0 aromatic carbocycles. The largest absolute Gasteiger partial charge is 0.372 e. The van der Waals surface area contributed by atoms with E-state index < -0.39 is 0 Å². The molecule has 0 radical (unpaired) electrons. The van der Waals surface area contributed by atoms with Crippen molar-refractivity contribution >= 4 is 11.3 Å². The number of hydrogen-bond acceptors (Lipinski definition) is 4. The topological polar surface area (TPSA) is 48.1 Å². The molecule has 3 nitrogen and oxygen atoms in total. The molecule has 1 aromatic rings. The molecule has 0 aliphatic carbocycles. The second-order valence-corrected chi connectivity index (χ2v) is 4.17. The Morgan fingerprint density at radius 3 is 3.15 bits per heavy atom. The van der Waals surface area contributed by atoms with Gasteiger partial charge in [-0.1, -0.05) is 0 Å². The molecule has 1 unspecified atom stereocenters. The van der Waals surface area contributed by atoms with Crippen molar-refractivity contribution in [2.45, 2.75) is 31.9 Å². The quantitative estimate of drug-likeness (QED) is 0.788. The third-order valence-corrected chi connectivity index (χ3v) is 3.14. The summed E-state index contributed by atoms with van der Waals surface area (Å²) in [5.74, 6) is 0. The van der Waals surface area contributed by atoms with E-state index in [0.29, 0.717) is 6.54 Å². The van der Waals surface area contributed by atoms with Gasteiger partial charge in [0.05, 0.1) is 5.69 Å². The summed E-state index contributed by atoms with van der Waals surface area (Å²) in [4.78, 5) is 4.42. The average molecular weight is 198 g/mol. The van der Waals surface area contributed by atoms with Crippen molar-refractivity contribution < 1.29 is 4.74 Å². The number of nitrogens with two attached hydrogens (primary N) is 1. The van der Waals surface area contributed by atoms with Gasteiger partial charge in [-0.15, -0.1) is 11.3 Å². The molecule has 0 saturated carbocycles. The highest BCUT2D eigenvalue weighted by Gasteiger charge is 2.18. The van der Waals surface area contributed by atoms with Crippen LogP contribution in [0.15, 0.2) is 5.38 Å². The Kier molecular flexibility index (Phi) is 2.93. The highest BCUT2D eigenvalue weighted by atomic mass is 32.1. The molecule has 4 heteroatoms. The van der Waals surface area contributed by atoms with Crippen molar-refractivity contribution in [3.8, 4) is 0 Å². The van der Waals surface area contributed by atoms with Gasteiger partial charge < -0.3 is 10.5 Å². The Morgan fingerprint density at radius 1 is 1.62 bits per heavy atom. The molecule has 13 heavy (non-hydrogen) atoms. The highest BCUT2D eigenvalue weighted by molar-refractivity contribution is 7.09. The molecule has 1 fully saturated rings. The SMILES string of the molecule is NCc1nc(C2CCCCO2)cs1. The van der Waals surface area contributed by atoms with Gasteiger partial charge in [0.25, 0.3) is 0 Å². The number of ether oxygens (including phenoxy) is 1. The second-order valence-electron chi connectivity index (χ2n) is 3.23. The number of hydrogen-bond donors (Lipinski definition) is 1. The first-order chi connectivity index (χ1) is 6.40. The Labute approximate surface area is 81.9 Å². The second kappa shape index (κ2) is 4.17. The summed E-state index contributed by atoms with van der Waals surface area (Å²) in [7, 11) is 0. The van der Waals surface area contributed by atoms with Crippen LogP contribution in [0.2, 0.25) is 0 Å². The zero-order valence-electron chi connectivity index (χ0n) is 7.53. The van der Waals surface area contributed by atoms with Gasteiger partial charge in [-0.2, -0.15) is 0 Å². The van der Waals surface area contributed by atoms with Crippen molar-refractivity contribution in [1.29, 1.82) is 0 Å². The monoisotopic (exact) mass is 198 g/mol. The Morgan fingerprint density at radius 2 is 2.54 bits per heavy atom. The number of rotatable bonds is 2.